The third-order valence-corrected chi connectivity index (χ3v) is 4.11. The molecule has 0 bridgehead atoms. The number of nitrogens with zero attached hydrogens (tertiary/aromatic N) is 2. The van der Waals surface area contributed by atoms with Crippen LogP contribution in [0, 0.1) is 0 Å². The summed E-state index contributed by atoms with van der Waals surface area (Å²) < 4.78 is 5.76. The quantitative estimate of drug-likeness (QED) is 0.439. The van der Waals surface area contributed by atoms with E-state index in [1.54, 1.807) is 7.05 Å². The van der Waals surface area contributed by atoms with Crippen molar-refractivity contribution in [2.45, 2.75) is 39.7 Å². The number of ether oxygens (including phenoxy) is 1. The van der Waals surface area contributed by atoms with Crippen LogP contribution in [-0.2, 0) is 17.6 Å². The van der Waals surface area contributed by atoms with E-state index in [0.717, 1.165) is 11.3 Å². The second kappa shape index (κ2) is 11.1. The Kier molecular flexibility index (Phi) is 8.54. The molecule has 0 atom stereocenters. The highest BCUT2D eigenvalue weighted by molar-refractivity contribution is 5.96. The smallest absolute Gasteiger partial charge is 0.271 e. The predicted octanol–water partition coefficient (Wildman–Crippen LogP) is 1.55. The van der Waals surface area contributed by atoms with Crippen LogP contribution in [-0.4, -0.2) is 48.0 Å². The first kappa shape index (κ1) is 23.1. The second-order valence-electron chi connectivity index (χ2n) is 7.01. The molecule has 2 aromatic rings. The number of anilines is 2. The lowest BCUT2D eigenvalue weighted by atomic mass is 10.1. The molecule has 0 spiro atoms. The largest absolute Gasteiger partial charge is 0.474 e. The number of nitrogens with one attached hydrogen (secondary N) is 3. The molecular formula is C21H30N6O3. The highest BCUT2D eigenvalue weighted by atomic mass is 16.5. The molecule has 1 aromatic heterocycles. The first-order chi connectivity index (χ1) is 14.3. The van der Waals surface area contributed by atoms with Gasteiger partial charge in [0.25, 0.3) is 5.91 Å². The molecule has 1 heterocycles. The standard InChI is InChI=1S/C21H30N6O3/c1-5-16-21(30-13(2)3)27-20(18(26-16)19(22)29)25-15-8-6-7-14(11-15)9-10-24-17(28)12-23-4/h6-8,11,13,23H,5,9-10,12H2,1-4H3,(H2,22,29)(H,24,28)(H,25,27). The normalized spacial score (nSPS) is 10.7. The van der Waals surface area contributed by atoms with Crippen LogP contribution in [0.5, 0.6) is 5.88 Å². The van der Waals surface area contributed by atoms with Gasteiger partial charge in [-0.2, -0.15) is 4.98 Å². The number of nitrogens with two attached hydrogens (primary N) is 1. The van der Waals surface area contributed by atoms with Gasteiger partial charge < -0.3 is 26.4 Å². The Bertz CT molecular complexity index is 885. The number of aromatic nitrogens is 2. The van der Waals surface area contributed by atoms with Gasteiger partial charge in [0.15, 0.2) is 11.5 Å². The number of primary amides is 1. The van der Waals surface area contributed by atoms with Crippen molar-refractivity contribution in [1.82, 2.24) is 20.6 Å². The van der Waals surface area contributed by atoms with Crippen LogP contribution in [0.2, 0.25) is 0 Å². The summed E-state index contributed by atoms with van der Waals surface area (Å²) in [6.45, 7) is 6.51. The van der Waals surface area contributed by atoms with Crippen molar-refractivity contribution in [2.75, 3.05) is 25.5 Å². The fourth-order valence-corrected chi connectivity index (χ4v) is 2.77. The highest BCUT2D eigenvalue weighted by Gasteiger charge is 2.18. The van der Waals surface area contributed by atoms with E-state index in [0.29, 0.717) is 31.0 Å². The summed E-state index contributed by atoms with van der Waals surface area (Å²) in [6, 6.07) is 7.62. The monoisotopic (exact) mass is 414 g/mol. The van der Waals surface area contributed by atoms with E-state index < -0.39 is 5.91 Å². The summed E-state index contributed by atoms with van der Waals surface area (Å²) in [5, 5.41) is 8.78. The first-order valence-electron chi connectivity index (χ1n) is 9.98. The van der Waals surface area contributed by atoms with Gasteiger partial charge in [0, 0.05) is 12.2 Å². The lowest BCUT2D eigenvalue weighted by Gasteiger charge is -2.16. The zero-order valence-corrected chi connectivity index (χ0v) is 17.9. The molecule has 0 aliphatic carbocycles. The SMILES string of the molecule is CCc1nc(C(N)=O)c(Nc2cccc(CCNC(=O)CNC)c2)nc1OC(C)C. The molecule has 0 fully saturated rings. The first-order valence-corrected chi connectivity index (χ1v) is 9.98. The Morgan fingerprint density at radius 2 is 2.00 bits per heavy atom. The van der Waals surface area contributed by atoms with Crippen molar-refractivity contribution in [2.24, 2.45) is 5.73 Å². The maximum Gasteiger partial charge on any atom is 0.271 e. The van der Waals surface area contributed by atoms with Gasteiger partial charge >= 0.3 is 0 Å². The topological polar surface area (TPSA) is 131 Å². The molecule has 5 N–H and O–H groups in total. The molecule has 2 amide bonds. The number of carbonyl (C=O) groups is 2. The van der Waals surface area contributed by atoms with Crippen LogP contribution in [0.1, 0.15) is 42.5 Å². The van der Waals surface area contributed by atoms with E-state index in [2.05, 4.69) is 25.9 Å². The minimum absolute atomic E-state index is 0.0538. The molecule has 0 unspecified atom stereocenters. The van der Waals surface area contributed by atoms with Crippen LogP contribution in [0.3, 0.4) is 0 Å². The van der Waals surface area contributed by atoms with Gasteiger partial charge in [0.2, 0.25) is 11.8 Å². The third-order valence-electron chi connectivity index (χ3n) is 4.11. The van der Waals surface area contributed by atoms with Gasteiger partial charge in [-0.05, 0) is 51.4 Å². The van der Waals surface area contributed by atoms with Crippen molar-refractivity contribution < 1.29 is 14.3 Å². The zero-order valence-electron chi connectivity index (χ0n) is 17.9. The average Bonchev–Trinajstić information content (AvgIpc) is 2.68. The number of likely N-dealkylation sites (N-methyl/N-ethyl adjacent to an activating group) is 1. The minimum atomic E-state index is -0.667. The molecule has 0 saturated heterocycles. The summed E-state index contributed by atoms with van der Waals surface area (Å²) in [5.74, 6) is -0.0979. The molecule has 9 heteroatoms. The number of rotatable bonds is 11. The fourth-order valence-electron chi connectivity index (χ4n) is 2.77. The van der Waals surface area contributed by atoms with Gasteiger partial charge in [0.1, 0.15) is 5.69 Å². The predicted molar refractivity (Wildman–Crippen MR) is 116 cm³/mol. The summed E-state index contributed by atoms with van der Waals surface area (Å²) in [4.78, 5) is 32.3. The molecule has 0 radical (unpaired) electrons. The maximum atomic E-state index is 11.9. The minimum Gasteiger partial charge on any atom is -0.474 e. The summed E-state index contributed by atoms with van der Waals surface area (Å²) in [7, 11) is 1.72. The van der Waals surface area contributed by atoms with Crippen LogP contribution >= 0.6 is 0 Å². The van der Waals surface area contributed by atoms with Crippen LogP contribution in [0.15, 0.2) is 24.3 Å². The van der Waals surface area contributed by atoms with Gasteiger partial charge in [-0.15, -0.1) is 0 Å². The van der Waals surface area contributed by atoms with Crippen molar-refractivity contribution in [3.63, 3.8) is 0 Å². The number of benzene rings is 1. The molecule has 2 rings (SSSR count). The summed E-state index contributed by atoms with van der Waals surface area (Å²) >= 11 is 0. The van der Waals surface area contributed by atoms with E-state index in [9.17, 15) is 9.59 Å². The van der Waals surface area contributed by atoms with E-state index >= 15 is 0 Å². The molecule has 0 aliphatic rings. The van der Waals surface area contributed by atoms with Gasteiger partial charge in [-0.25, -0.2) is 4.98 Å². The molecule has 0 aliphatic heterocycles. The Hall–Kier alpha value is -3.20. The van der Waals surface area contributed by atoms with Crippen molar-refractivity contribution in [3.05, 3.63) is 41.2 Å². The lowest BCUT2D eigenvalue weighted by Crippen LogP contribution is -2.33. The van der Waals surface area contributed by atoms with E-state index in [1.165, 1.54) is 0 Å². The third kappa shape index (κ3) is 6.70. The van der Waals surface area contributed by atoms with Gasteiger partial charge in [-0.3, -0.25) is 9.59 Å². The van der Waals surface area contributed by atoms with E-state index in [1.807, 2.05) is 45.0 Å². The van der Waals surface area contributed by atoms with Crippen molar-refractivity contribution >= 4 is 23.3 Å². The number of aryl methyl sites for hydroxylation is 1. The van der Waals surface area contributed by atoms with E-state index in [-0.39, 0.29) is 30.1 Å². The number of hydrogen-bond donors (Lipinski definition) is 4. The molecule has 162 valence electrons. The molecule has 9 nitrogen and oxygen atoms in total. The van der Waals surface area contributed by atoms with Crippen LogP contribution in [0.4, 0.5) is 11.5 Å². The number of hydrogen-bond acceptors (Lipinski definition) is 7. The molecule has 1 aromatic carbocycles. The summed E-state index contributed by atoms with van der Waals surface area (Å²) in [5.41, 5.74) is 7.91. The Morgan fingerprint density at radius 1 is 1.23 bits per heavy atom. The Balaban J connectivity index is 2.22. The average molecular weight is 415 g/mol. The van der Waals surface area contributed by atoms with Gasteiger partial charge in [-0.1, -0.05) is 19.1 Å². The highest BCUT2D eigenvalue weighted by Crippen LogP contribution is 2.25. The second-order valence-corrected chi connectivity index (χ2v) is 7.01. The van der Waals surface area contributed by atoms with Crippen LogP contribution in [0.25, 0.3) is 0 Å². The fraction of sp³-hybridized carbons (Fsp3) is 0.429. The van der Waals surface area contributed by atoms with E-state index in [4.69, 9.17) is 10.5 Å². The van der Waals surface area contributed by atoms with Crippen molar-refractivity contribution in [1.29, 1.82) is 0 Å². The Labute approximate surface area is 176 Å². The van der Waals surface area contributed by atoms with Gasteiger partial charge in [0.05, 0.1) is 12.6 Å². The maximum absolute atomic E-state index is 11.9. The number of carbonyl (C=O) groups excluding carboxylic acids is 2. The zero-order chi connectivity index (χ0) is 22.1. The lowest BCUT2D eigenvalue weighted by molar-refractivity contribution is -0.120. The van der Waals surface area contributed by atoms with Crippen molar-refractivity contribution in [3.8, 4) is 5.88 Å². The summed E-state index contributed by atoms with van der Waals surface area (Å²) in [6.07, 6.45) is 1.14. The molecular weight excluding hydrogens is 384 g/mol. The molecule has 0 saturated carbocycles. The van der Waals surface area contributed by atoms with Crippen LogP contribution < -0.4 is 26.4 Å². The molecule has 30 heavy (non-hydrogen) atoms. The Morgan fingerprint density at radius 3 is 2.63 bits per heavy atom. The number of amides is 2.